The highest BCUT2D eigenvalue weighted by Gasteiger charge is 2.16. The SMILES string of the molecule is CCCCCCCCCCCCCCOc1cc(OCCCCCCCCCCCCCC)cc(OC(=O)c2ccc(N=Cc3ccc(OC(=O)c4ccc(C=Nc5ccc(OC(=O)c6cc(OCCCCCCCCCCCCCC)cc(OCCCCCCCCCCCCCC)c6)cc5)cc4)cc3)cc2)c1. The van der Waals surface area contributed by atoms with Gasteiger partial charge in [-0.1, -0.05) is 322 Å². The van der Waals surface area contributed by atoms with Gasteiger partial charge in [-0.3, -0.25) is 9.98 Å². The molecular formula is C97H140N2O10. The van der Waals surface area contributed by atoms with Gasteiger partial charge in [0.05, 0.1) is 54.5 Å². The Morgan fingerprint density at radius 2 is 0.440 bits per heavy atom. The summed E-state index contributed by atoms with van der Waals surface area (Å²) in [7, 11) is 0. The lowest BCUT2D eigenvalue weighted by Gasteiger charge is -2.13. The van der Waals surface area contributed by atoms with Crippen molar-refractivity contribution < 1.29 is 47.5 Å². The maximum absolute atomic E-state index is 13.7. The van der Waals surface area contributed by atoms with E-state index < -0.39 is 17.9 Å². The normalized spacial score (nSPS) is 11.4. The molecular weight excluding hydrogens is 1350 g/mol. The van der Waals surface area contributed by atoms with Crippen molar-refractivity contribution in [3.63, 3.8) is 0 Å². The molecule has 0 aliphatic carbocycles. The lowest BCUT2D eigenvalue weighted by molar-refractivity contribution is 0.0724. The molecule has 0 N–H and O–H groups in total. The van der Waals surface area contributed by atoms with Crippen LogP contribution in [0, 0.1) is 0 Å². The van der Waals surface area contributed by atoms with Crippen molar-refractivity contribution in [1.29, 1.82) is 0 Å². The Kier molecular flexibility index (Phi) is 49.7. The zero-order valence-corrected chi connectivity index (χ0v) is 68.1. The van der Waals surface area contributed by atoms with Gasteiger partial charge in [0, 0.05) is 36.7 Å². The maximum Gasteiger partial charge on any atom is 0.343 e. The minimum absolute atomic E-state index is 0.372. The molecule has 0 spiro atoms. The minimum Gasteiger partial charge on any atom is -0.493 e. The van der Waals surface area contributed by atoms with E-state index in [1.807, 2.05) is 24.3 Å². The Hall–Kier alpha value is -7.73. The largest absolute Gasteiger partial charge is 0.493 e. The molecule has 6 aromatic carbocycles. The summed E-state index contributed by atoms with van der Waals surface area (Å²) in [6, 6.07) is 39.0. The fourth-order valence-corrected chi connectivity index (χ4v) is 13.6. The van der Waals surface area contributed by atoms with E-state index in [4.69, 9.17) is 33.2 Å². The van der Waals surface area contributed by atoms with Gasteiger partial charge in [-0.15, -0.1) is 0 Å². The molecule has 0 bridgehead atoms. The van der Waals surface area contributed by atoms with Crippen LogP contribution in [-0.2, 0) is 0 Å². The first-order chi connectivity index (χ1) is 53.7. The van der Waals surface area contributed by atoms with Crippen molar-refractivity contribution >= 4 is 41.7 Å². The molecule has 0 aromatic heterocycles. The van der Waals surface area contributed by atoms with E-state index in [-0.39, 0.29) is 0 Å². The van der Waals surface area contributed by atoms with Crippen molar-refractivity contribution in [1.82, 2.24) is 0 Å². The van der Waals surface area contributed by atoms with Crippen LogP contribution in [0.25, 0.3) is 0 Å². The number of ether oxygens (including phenoxy) is 7. The molecule has 6 rings (SSSR count). The number of hydrogen-bond acceptors (Lipinski definition) is 12. The predicted molar refractivity (Wildman–Crippen MR) is 454 cm³/mol. The summed E-state index contributed by atoms with van der Waals surface area (Å²) >= 11 is 0. The molecule has 0 amide bonds. The Labute approximate surface area is 659 Å². The van der Waals surface area contributed by atoms with Crippen LogP contribution in [0.15, 0.2) is 143 Å². The van der Waals surface area contributed by atoms with Crippen LogP contribution in [-0.4, -0.2) is 56.8 Å². The second-order valence-corrected chi connectivity index (χ2v) is 30.2. The maximum atomic E-state index is 13.7. The molecule has 0 saturated carbocycles. The number of hydrogen-bond donors (Lipinski definition) is 0. The Balaban J connectivity index is 0.928. The van der Waals surface area contributed by atoms with Crippen molar-refractivity contribution in [2.24, 2.45) is 9.98 Å². The third-order valence-electron chi connectivity index (χ3n) is 20.4. The molecule has 0 radical (unpaired) electrons. The molecule has 12 nitrogen and oxygen atoms in total. The van der Waals surface area contributed by atoms with Crippen LogP contribution in [0.1, 0.15) is 378 Å². The molecule has 0 fully saturated rings. The molecule has 0 aliphatic rings. The van der Waals surface area contributed by atoms with Crippen molar-refractivity contribution in [3.8, 4) is 40.2 Å². The number of carbonyl (C=O) groups is 3. The van der Waals surface area contributed by atoms with E-state index in [0.717, 1.165) is 62.5 Å². The fraction of sp³-hybridized carbons (Fsp3) is 0.577. The topological polar surface area (TPSA) is 141 Å². The van der Waals surface area contributed by atoms with Crippen LogP contribution in [0.4, 0.5) is 11.4 Å². The highest BCUT2D eigenvalue weighted by molar-refractivity contribution is 5.94. The van der Waals surface area contributed by atoms with Crippen LogP contribution in [0.2, 0.25) is 0 Å². The average Bonchev–Trinajstić information content (AvgIpc) is 0.856. The van der Waals surface area contributed by atoms with Crippen LogP contribution >= 0.6 is 0 Å². The zero-order valence-electron chi connectivity index (χ0n) is 68.1. The summed E-state index contributed by atoms with van der Waals surface area (Å²) < 4.78 is 42.6. The van der Waals surface area contributed by atoms with Gasteiger partial charge >= 0.3 is 17.9 Å². The third-order valence-corrected chi connectivity index (χ3v) is 20.4. The molecule has 12 heteroatoms. The van der Waals surface area contributed by atoms with Crippen LogP contribution < -0.4 is 33.2 Å². The summed E-state index contributed by atoms with van der Waals surface area (Å²) in [6.45, 7) is 11.4. The first kappa shape index (κ1) is 90.2. The van der Waals surface area contributed by atoms with Crippen molar-refractivity contribution in [2.45, 2.75) is 336 Å². The molecule has 0 heterocycles. The lowest BCUT2D eigenvalue weighted by atomic mass is 10.1. The van der Waals surface area contributed by atoms with Crippen LogP contribution in [0.3, 0.4) is 0 Å². The van der Waals surface area contributed by atoms with Gasteiger partial charge in [0.25, 0.3) is 0 Å². The number of esters is 3. The minimum atomic E-state index is -0.494. The smallest absolute Gasteiger partial charge is 0.343 e. The Bertz CT molecular complexity index is 3270. The van der Waals surface area contributed by atoms with Gasteiger partial charge in [0.1, 0.15) is 40.2 Å². The number of nitrogens with zero attached hydrogens (tertiary/aromatic N) is 2. The summed E-state index contributed by atoms with van der Waals surface area (Å²) in [4.78, 5) is 49.8. The monoisotopic (exact) mass is 1490 g/mol. The van der Waals surface area contributed by atoms with E-state index in [2.05, 4.69) is 37.7 Å². The van der Waals surface area contributed by atoms with Crippen molar-refractivity contribution in [2.75, 3.05) is 26.4 Å². The highest BCUT2D eigenvalue weighted by atomic mass is 16.5. The van der Waals surface area contributed by atoms with Gasteiger partial charge in [0.2, 0.25) is 0 Å². The molecule has 0 atom stereocenters. The first-order valence-corrected chi connectivity index (χ1v) is 43.7. The van der Waals surface area contributed by atoms with E-state index >= 15 is 0 Å². The highest BCUT2D eigenvalue weighted by Crippen LogP contribution is 2.31. The summed E-state index contributed by atoms with van der Waals surface area (Å²) in [5, 5.41) is 0. The Morgan fingerprint density at radius 3 is 0.734 bits per heavy atom. The van der Waals surface area contributed by atoms with Gasteiger partial charge in [-0.05, 0) is 134 Å². The molecule has 109 heavy (non-hydrogen) atoms. The van der Waals surface area contributed by atoms with Gasteiger partial charge in [-0.25, -0.2) is 14.4 Å². The summed E-state index contributed by atoms with van der Waals surface area (Å²) in [6.07, 6.45) is 64.8. The summed E-state index contributed by atoms with van der Waals surface area (Å²) in [5.74, 6) is 2.17. The standard InChI is InChI=1S/C97H140N2O10/c1-5-9-13-17-21-25-29-33-37-41-45-49-69-103-90-73-85(74-91(75-90)104-70-50-46-42-38-34-30-26-22-18-14-10-6-2)97(102)108-89-67-63-87(64-68-89)99-79-81-53-57-83(58-54-81)95(100)107-88-65-55-82(56-66-88)80-98-86-61-59-84(60-62-86)96(101)109-94-77-92(105-71-51-47-43-39-35-31-27-23-19-15-11-7-3)76-93(78-94)106-72-52-48-44-40-36-32-28-24-20-16-12-8-4/h53-68,73-80H,5-52,69-72H2,1-4H3. The van der Waals surface area contributed by atoms with Gasteiger partial charge < -0.3 is 33.2 Å². The fourth-order valence-electron chi connectivity index (χ4n) is 13.6. The van der Waals surface area contributed by atoms with E-state index in [9.17, 15) is 14.4 Å². The predicted octanol–water partition coefficient (Wildman–Crippen LogP) is 29.2. The second-order valence-electron chi connectivity index (χ2n) is 30.2. The van der Waals surface area contributed by atoms with E-state index in [1.54, 1.807) is 122 Å². The third kappa shape index (κ3) is 42.9. The lowest BCUT2D eigenvalue weighted by Crippen LogP contribution is -2.10. The molecule has 0 saturated heterocycles. The quantitative estimate of drug-likeness (QED) is 0.0157. The number of unbranched alkanes of at least 4 members (excludes halogenated alkanes) is 44. The molecule has 0 aliphatic heterocycles. The number of carbonyl (C=O) groups excluding carboxylic acids is 3. The summed E-state index contributed by atoms with van der Waals surface area (Å²) in [5.41, 5.74) is 4.05. The molecule has 0 unspecified atom stereocenters. The second kappa shape index (κ2) is 60.1. The van der Waals surface area contributed by atoms with Gasteiger partial charge in [-0.2, -0.15) is 0 Å². The number of aliphatic imine (C=N–C) groups is 2. The van der Waals surface area contributed by atoms with E-state index in [0.29, 0.717) is 94.7 Å². The average molecular weight is 1490 g/mol. The van der Waals surface area contributed by atoms with Gasteiger partial charge in [0.15, 0.2) is 0 Å². The first-order valence-electron chi connectivity index (χ1n) is 43.7. The number of rotatable bonds is 66. The molecule has 598 valence electrons. The zero-order chi connectivity index (χ0) is 76.9. The molecule has 6 aromatic rings. The van der Waals surface area contributed by atoms with E-state index in [1.165, 1.54) is 257 Å². The van der Waals surface area contributed by atoms with Crippen molar-refractivity contribution in [3.05, 3.63) is 161 Å². The van der Waals surface area contributed by atoms with Crippen LogP contribution in [0.5, 0.6) is 40.2 Å². The number of benzene rings is 6. The Morgan fingerprint density at radius 1 is 0.229 bits per heavy atom.